The van der Waals surface area contributed by atoms with Crippen molar-refractivity contribution in [1.82, 2.24) is 4.90 Å². The van der Waals surface area contributed by atoms with E-state index in [2.05, 4.69) is 5.32 Å². The van der Waals surface area contributed by atoms with Crippen LogP contribution < -0.4 is 14.2 Å². The number of amides is 2. The zero-order valence-corrected chi connectivity index (χ0v) is 17.6. The summed E-state index contributed by atoms with van der Waals surface area (Å²) >= 11 is 0. The molecule has 0 spiro atoms. The van der Waals surface area contributed by atoms with Crippen molar-refractivity contribution in [3.63, 3.8) is 0 Å². The van der Waals surface area contributed by atoms with Crippen molar-refractivity contribution in [2.45, 2.75) is 13.5 Å². The molecule has 2 aromatic carbocycles. The van der Waals surface area contributed by atoms with Gasteiger partial charge in [-0.2, -0.15) is 8.42 Å². The number of nitrogens with zero attached hydrogens (tertiary/aromatic N) is 1. The fraction of sp³-hybridized carbons (Fsp3) is 0.350. The predicted octanol–water partition coefficient (Wildman–Crippen LogP) is 3.10. The number of carbonyl (C=O) groups is 1. The molecule has 0 atom stereocenters. The van der Waals surface area contributed by atoms with Crippen molar-refractivity contribution in [3.05, 3.63) is 54.1 Å². The summed E-state index contributed by atoms with van der Waals surface area (Å²) in [6.45, 7) is 3.42. The van der Waals surface area contributed by atoms with Crippen molar-refractivity contribution in [1.29, 1.82) is 0 Å². The molecule has 0 saturated carbocycles. The van der Waals surface area contributed by atoms with Gasteiger partial charge in [0.1, 0.15) is 11.5 Å². The number of methoxy groups -OCH3 is 1. The fourth-order valence-electron chi connectivity index (χ4n) is 2.55. The van der Waals surface area contributed by atoms with Gasteiger partial charge in [0, 0.05) is 20.2 Å². The number of para-hydroxylation sites is 2. The van der Waals surface area contributed by atoms with Gasteiger partial charge in [-0.1, -0.05) is 24.3 Å². The number of anilines is 1. The molecule has 1 N–H and O–H groups in total. The molecule has 0 aliphatic carbocycles. The summed E-state index contributed by atoms with van der Waals surface area (Å²) in [6, 6.07) is 13.4. The van der Waals surface area contributed by atoms with Gasteiger partial charge in [0.25, 0.3) is 0 Å². The standard InChI is InChI=1S/C20H26N2O6S/c1-4-27-19-8-6-5-7-18(19)21-20(23)22(13-14-26-2)15-16-9-11-17(12-10-16)28-29(3,24)25/h5-12H,4,13-15H2,1-3H3,(H,21,23). The van der Waals surface area contributed by atoms with Crippen LogP contribution >= 0.6 is 0 Å². The van der Waals surface area contributed by atoms with E-state index in [1.165, 1.54) is 0 Å². The highest BCUT2D eigenvalue weighted by Gasteiger charge is 2.16. The summed E-state index contributed by atoms with van der Waals surface area (Å²) in [5.41, 5.74) is 1.40. The van der Waals surface area contributed by atoms with Crippen molar-refractivity contribution in [3.8, 4) is 11.5 Å². The average molecular weight is 423 g/mol. The Morgan fingerprint density at radius 2 is 1.79 bits per heavy atom. The summed E-state index contributed by atoms with van der Waals surface area (Å²) in [5.74, 6) is 0.812. The first kappa shape index (κ1) is 22.5. The van der Waals surface area contributed by atoms with E-state index in [0.717, 1.165) is 11.8 Å². The summed E-state index contributed by atoms with van der Waals surface area (Å²) in [7, 11) is -2.02. The SMILES string of the molecule is CCOc1ccccc1NC(=O)N(CCOC)Cc1ccc(OS(C)(=O)=O)cc1. The van der Waals surface area contributed by atoms with E-state index in [9.17, 15) is 13.2 Å². The van der Waals surface area contributed by atoms with Gasteiger partial charge in [-0.3, -0.25) is 0 Å². The lowest BCUT2D eigenvalue weighted by Crippen LogP contribution is -2.37. The molecule has 158 valence electrons. The third-order valence-corrected chi connectivity index (χ3v) is 4.32. The minimum atomic E-state index is -3.58. The molecule has 0 fully saturated rings. The second-order valence-electron chi connectivity index (χ2n) is 6.21. The molecule has 0 saturated heterocycles. The maximum absolute atomic E-state index is 12.8. The quantitative estimate of drug-likeness (QED) is 0.591. The maximum atomic E-state index is 12.8. The smallest absolute Gasteiger partial charge is 0.322 e. The van der Waals surface area contributed by atoms with Crippen LogP contribution in [0.3, 0.4) is 0 Å². The monoisotopic (exact) mass is 422 g/mol. The lowest BCUT2D eigenvalue weighted by Gasteiger charge is -2.23. The predicted molar refractivity (Wildman–Crippen MR) is 111 cm³/mol. The molecular weight excluding hydrogens is 396 g/mol. The Morgan fingerprint density at radius 3 is 2.41 bits per heavy atom. The summed E-state index contributed by atoms with van der Waals surface area (Å²) < 4.78 is 37.9. The number of rotatable bonds is 10. The molecule has 0 bridgehead atoms. The van der Waals surface area contributed by atoms with E-state index in [0.29, 0.717) is 37.7 Å². The molecule has 0 aliphatic heterocycles. The third-order valence-electron chi connectivity index (χ3n) is 3.83. The number of hydrogen-bond acceptors (Lipinski definition) is 6. The van der Waals surface area contributed by atoms with Crippen LogP contribution in [-0.2, 0) is 21.4 Å². The number of carbonyl (C=O) groups excluding carboxylic acids is 1. The summed E-state index contributed by atoms with van der Waals surface area (Å²) in [5, 5.41) is 2.87. The molecule has 2 rings (SSSR count). The van der Waals surface area contributed by atoms with Crippen LogP contribution in [0.2, 0.25) is 0 Å². The molecule has 8 nitrogen and oxygen atoms in total. The Morgan fingerprint density at radius 1 is 1.10 bits per heavy atom. The highest BCUT2D eigenvalue weighted by molar-refractivity contribution is 7.86. The average Bonchev–Trinajstić information content (AvgIpc) is 2.67. The third kappa shape index (κ3) is 7.63. The molecule has 0 aliphatic rings. The van der Waals surface area contributed by atoms with Crippen LogP contribution in [0.1, 0.15) is 12.5 Å². The van der Waals surface area contributed by atoms with Crippen molar-refractivity contribution in [2.75, 3.05) is 38.4 Å². The fourth-order valence-corrected chi connectivity index (χ4v) is 3.01. The van der Waals surface area contributed by atoms with Gasteiger partial charge in [0.05, 0.1) is 25.2 Å². The Bertz CT molecular complexity index is 899. The first-order valence-corrected chi connectivity index (χ1v) is 10.9. The number of benzene rings is 2. The van der Waals surface area contributed by atoms with Crippen molar-refractivity contribution in [2.24, 2.45) is 0 Å². The molecule has 0 aromatic heterocycles. The topological polar surface area (TPSA) is 94.2 Å². The molecule has 0 heterocycles. The Kier molecular flexibility index (Phi) is 8.29. The van der Waals surface area contributed by atoms with Crippen LogP contribution in [0.4, 0.5) is 10.5 Å². The molecule has 9 heteroatoms. The Balaban J connectivity index is 2.11. The van der Waals surface area contributed by atoms with Crippen LogP contribution in [-0.4, -0.2) is 52.5 Å². The molecule has 2 aromatic rings. The highest BCUT2D eigenvalue weighted by Crippen LogP contribution is 2.24. The minimum absolute atomic E-state index is 0.217. The van der Waals surface area contributed by atoms with Gasteiger partial charge in [-0.15, -0.1) is 0 Å². The first-order valence-electron chi connectivity index (χ1n) is 9.07. The van der Waals surface area contributed by atoms with Crippen molar-refractivity contribution >= 4 is 21.8 Å². The van der Waals surface area contributed by atoms with Gasteiger partial charge in [-0.25, -0.2) is 4.79 Å². The maximum Gasteiger partial charge on any atom is 0.322 e. The van der Waals surface area contributed by atoms with Gasteiger partial charge >= 0.3 is 16.1 Å². The summed E-state index contributed by atoms with van der Waals surface area (Å²) in [4.78, 5) is 14.4. The van der Waals surface area contributed by atoms with E-state index in [-0.39, 0.29) is 11.8 Å². The van der Waals surface area contributed by atoms with Crippen LogP contribution in [0.25, 0.3) is 0 Å². The zero-order chi connectivity index (χ0) is 21.3. The molecule has 29 heavy (non-hydrogen) atoms. The second kappa shape index (κ2) is 10.7. The first-order chi connectivity index (χ1) is 13.8. The largest absolute Gasteiger partial charge is 0.492 e. The van der Waals surface area contributed by atoms with Gasteiger partial charge in [0.2, 0.25) is 0 Å². The van der Waals surface area contributed by atoms with Gasteiger partial charge in [0.15, 0.2) is 0 Å². The Hall–Kier alpha value is -2.78. The zero-order valence-electron chi connectivity index (χ0n) is 16.8. The van der Waals surface area contributed by atoms with Crippen LogP contribution in [0.15, 0.2) is 48.5 Å². The van der Waals surface area contributed by atoms with Crippen LogP contribution in [0.5, 0.6) is 11.5 Å². The minimum Gasteiger partial charge on any atom is -0.492 e. The summed E-state index contributed by atoms with van der Waals surface area (Å²) in [6.07, 6.45) is 0.984. The van der Waals surface area contributed by atoms with E-state index >= 15 is 0 Å². The van der Waals surface area contributed by atoms with E-state index < -0.39 is 10.1 Å². The van der Waals surface area contributed by atoms with E-state index in [1.807, 2.05) is 19.1 Å². The van der Waals surface area contributed by atoms with Gasteiger partial charge in [-0.05, 0) is 36.8 Å². The molecule has 0 radical (unpaired) electrons. The second-order valence-corrected chi connectivity index (χ2v) is 7.78. The molecular formula is C20H26N2O6S. The van der Waals surface area contributed by atoms with E-state index in [1.54, 1.807) is 48.4 Å². The van der Waals surface area contributed by atoms with E-state index in [4.69, 9.17) is 13.7 Å². The lowest BCUT2D eigenvalue weighted by molar-refractivity contribution is 0.152. The number of urea groups is 1. The van der Waals surface area contributed by atoms with Crippen molar-refractivity contribution < 1.29 is 26.9 Å². The number of hydrogen-bond donors (Lipinski definition) is 1. The van der Waals surface area contributed by atoms with Crippen LogP contribution in [0, 0.1) is 0 Å². The molecule has 0 unspecified atom stereocenters. The Labute approximate surface area is 171 Å². The van der Waals surface area contributed by atoms with Gasteiger partial charge < -0.3 is 23.9 Å². The molecule has 2 amide bonds. The highest BCUT2D eigenvalue weighted by atomic mass is 32.2. The normalized spacial score (nSPS) is 11.0. The number of nitrogens with one attached hydrogen (secondary N) is 1. The number of ether oxygens (including phenoxy) is 2. The lowest BCUT2D eigenvalue weighted by atomic mass is 10.2.